The maximum Gasteiger partial charge on any atom is 0.264 e. The molecule has 1 aliphatic carbocycles. The van der Waals surface area contributed by atoms with E-state index in [1.165, 1.54) is 28.8 Å². The molecule has 0 spiro atoms. The van der Waals surface area contributed by atoms with Crippen molar-refractivity contribution in [3.63, 3.8) is 0 Å². The topological polar surface area (TPSA) is 96.0 Å². The molecule has 4 rings (SSSR count). The zero-order chi connectivity index (χ0) is 31.0. The van der Waals surface area contributed by atoms with Crippen LogP contribution in [0.4, 0.5) is 5.69 Å². The summed E-state index contributed by atoms with van der Waals surface area (Å²) >= 11 is 7.73. The molecule has 1 atom stereocenters. The fourth-order valence-corrected chi connectivity index (χ4v) is 7.12. The van der Waals surface area contributed by atoms with Gasteiger partial charge in [-0.2, -0.15) is 0 Å². The highest BCUT2D eigenvalue weighted by molar-refractivity contribution is 7.98. The molecule has 0 aliphatic heterocycles. The first-order valence-corrected chi connectivity index (χ1v) is 17.4. The maximum atomic E-state index is 14.1. The molecule has 8 nitrogen and oxygen atoms in total. The van der Waals surface area contributed by atoms with Crippen molar-refractivity contribution < 1.29 is 22.7 Å². The molecule has 0 heterocycles. The second kappa shape index (κ2) is 15.0. The molecule has 1 fully saturated rings. The van der Waals surface area contributed by atoms with Crippen LogP contribution in [0.1, 0.15) is 45.1 Å². The lowest BCUT2D eigenvalue weighted by Gasteiger charge is -2.32. The van der Waals surface area contributed by atoms with E-state index < -0.39 is 28.5 Å². The number of carbonyl (C=O) groups excluding carboxylic acids is 2. The fourth-order valence-electron chi connectivity index (χ4n) is 5.09. The van der Waals surface area contributed by atoms with Crippen molar-refractivity contribution in [2.45, 2.75) is 68.0 Å². The summed E-state index contributed by atoms with van der Waals surface area (Å²) in [6.45, 7) is 3.56. The maximum absolute atomic E-state index is 14.1. The van der Waals surface area contributed by atoms with Crippen molar-refractivity contribution in [3.05, 3.63) is 83.4 Å². The Hall–Kier alpha value is -3.21. The van der Waals surface area contributed by atoms with E-state index >= 15 is 0 Å². The summed E-state index contributed by atoms with van der Waals surface area (Å²) in [6.07, 6.45) is 5.82. The molecule has 3 aromatic carbocycles. The molecule has 0 bridgehead atoms. The second-order valence-electron chi connectivity index (χ2n) is 10.4. The van der Waals surface area contributed by atoms with Gasteiger partial charge in [0.25, 0.3) is 10.0 Å². The van der Waals surface area contributed by atoms with Gasteiger partial charge in [0.1, 0.15) is 18.3 Å². The van der Waals surface area contributed by atoms with Gasteiger partial charge in [-0.25, -0.2) is 8.42 Å². The lowest BCUT2D eigenvalue weighted by atomic mass is 10.1. The number of nitrogens with zero attached hydrogens (tertiary/aromatic N) is 2. The summed E-state index contributed by atoms with van der Waals surface area (Å²) in [5, 5.41) is 3.57. The fraction of sp³-hybridized carbons (Fsp3) is 0.375. The van der Waals surface area contributed by atoms with E-state index in [4.69, 9.17) is 16.3 Å². The van der Waals surface area contributed by atoms with Crippen molar-refractivity contribution in [3.8, 4) is 5.75 Å². The van der Waals surface area contributed by atoms with Gasteiger partial charge in [0.05, 0.1) is 17.2 Å². The number of thioether (sulfide) groups is 1. The van der Waals surface area contributed by atoms with E-state index in [1.807, 2.05) is 19.2 Å². The molecule has 1 saturated carbocycles. The number of nitrogens with one attached hydrogen (secondary N) is 1. The first-order chi connectivity index (χ1) is 20.6. The van der Waals surface area contributed by atoms with Gasteiger partial charge in [-0.3, -0.25) is 13.9 Å². The van der Waals surface area contributed by atoms with E-state index in [0.29, 0.717) is 23.1 Å². The van der Waals surface area contributed by atoms with E-state index in [1.54, 1.807) is 61.5 Å². The third kappa shape index (κ3) is 8.46. The van der Waals surface area contributed by atoms with Gasteiger partial charge in [-0.1, -0.05) is 36.6 Å². The van der Waals surface area contributed by atoms with Crippen molar-refractivity contribution in [2.24, 2.45) is 0 Å². The Kier molecular flexibility index (Phi) is 11.4. The van der Waals surface area contributed by atoms with Crippen LogP contribution in [-0.4, -0.2) is 56.6 Å². The average Bonchev–Trinajstić information content (AvgIpc) is 3.52. The van der Waals surface area contributed by atoms with Crippen LogP contribution >= 0.6 is 23.4 Å². The summed E-state index contributed by atoms with van der Waals surface area (Å²) in [5.74, 6) is -0.211. The Morgan fingerprint density at radius 1 is 1.05 bits per heavy atom. The van der Waals surface area contributed by atoms with Gasteiger partial charge in [-0.05, 0) is 99.2 Å². The number of carbonyl (C=O) groups is 2. The number of anilines is 1. The van der Waals surface area contributed by atoms with Crippen molar-refractivity contribution in [1.29, 1.82) is 0 Å². The van der Waals surface area contributed by atoms with Crippen LogP contribution in [0.3, 0.4) is 0 Å². The number of hydrogen-bond donors (Lipinski definition) is 1. The molecule has 0 radical (unpaired) electrons. The van der Waals surface area contributed by atoms with Crippen LogP contribution in [0.2, 0.25) is 5.02 Å². The molecule has 1 unspecified atom stereocenters. The lowest BCUT2D eigenvalue weighted by molar-refractivity contribution is -0.139. The molecule has 1 aliphatic rings. The number of sulfonamides is 1. The average molecular weight is 644 g/mol. The normalized spacial score (nSPS) is 14.2. The standard InChI is InChI=1S/C32H38ClN3O5S2/c1-4-41-28-14-12-27(13-15-28)36(43(39,40)30-18-16-29(42-3)17-19-30)22-31(37)35(21-24-8-7-9-25(33)20-24)23(2)32(38)34-26-10-5-6-11-26/h7-9,12-20,23,26H,4-6,10-11,21-22H2,1-3H3,(H,34,38). The Morgan fingerprint density at radius 2 is 1.72 bits per heavy atom. The van der Waals surface area contributed by atoms with E-state index in [-0.39, 0.29) is 23.4 Å². The van der Waals surface area contributed by atoms with Crippen LogP contribution in [0.5, 0.6) is 5.75 Å². The molecular formula is C32H38ClN3O5S2. The Morgan fingerprint density at radius 3 is 2.33 bits per heavy atom. The van der Waals surface area contributed by atoms with Gasteiger partial charge < -0.3 is 15.0 Å². The molecule has 0 aromatic heterocycles. The monoisotopic (exact) mass is 643 g/mol. The van der Waals surface area contributed by atoms with Crippen molar-refractivity contribution in [2.75, 3.05) is 23.7 Å². The number of rotatable bonds is 13. The largest absolute Gasteiger partial charge is 0.494 e. The first-order valence-electron chi connectivity index (χ1n) is 14.4. The summed E-state index contributed by atoms with van der Waals surface area (Å²) in [4.78, 5) is 29.9. The van der Waals surface area contributed by atoms with Crippen LogP contribution in [0.25, 0.3) is 0 Å². The van der Waals surface area contributed by atoms with Crippen LogP contribution < -0.4 is 14.4 Å². The number of halogens is 1. The zero-order valence-corrected chi connectivity index (χ0v) is 27.1. The summed E-state index contributed by atoms with van der Waals surface area (Å²) in [6, 6.07) is 19.4. The van der Waals surface area contributed by atoms with Crippen LogP contribution in [-0.2, 0) is 26.2 Å². The molecule has 1 N–H and O–H groups in total. The zero-order valence-electron chi connectivity index (χ0n) is 24.7. The highest BCUT2D eigenvalue weighted by Gasteiger charge is 2.33. The summed E-state index contributed by atoms with van der Waals surface area (Å²) < 4.78 is 34.7. The van der Waals surface area contributed by atoms with Gasteiger partial charge in [0.2, 0.25) is 11.8 Å². The van der Waals surface area contributed by atoms with Crippen LogP contribution in [0, 0.1) is 0 Å². The molecule has 3 aromatic rings. The SMILES string of the molecule is CCOc1ccc(N(CC(=O)N(Cc2cccc(Cl)c2)C(C)C(=O)NC2CCCC2)S(=O)(=O)c2ccc(SC)cc2)cc1. The molecule has 43 heavy (non-hydrogen) atoms. The summed E-state index contributed by atoms with van der Waals surface area (Å²) in [7, 11) is -4.16. The highest BCUT2D eigenvalue weighted by Crippen LogP contribution is 2.28. The third-order valence-electron chi connectivity index (χ3n) is 7.47. The Labute approximate surface area is 263 Å². The Balaban J connectivity index is 1.69. The molecule has 2 amide bonds. The first kappa shape index (κ1) is 32.7. The van der Waals surface area contributed by atoms with Crippen LogP contribution in [0.15, 0.2) is 82.6 Å². The second-order valence-corrected chi connectivity index (χ2v) is 13.6. The quantitative estimate of drug-likeness (QED) is 0.225. The van der Waals surface area contributed by atoms with E-state index in [0.717, 1.165) is 40.4 Å². The number of amides is 2. The Bertz CT molecular complexity index is 1490. The minimum atomic E-state index is -4.16. The third-order valence-corrected chi connectivity index (χ3v) is 10.2. The summed E-state index contributed by atoms with van der Waals surface area (Å²) in [5.41, 5.74) is 1.03. The van der Waals surface area contributed by atoms with Crippen molar-refractivity contribution in [1.82, 2.24) is 10.2 Å². The molecular weight excluding hydrogens is 606 g/mol. The van der Waals surface area contributed by atoms with E-state index in [9.17, 15) is 18.0 Å². The number of hydrogen-bond acceptors (Lipinski definition) is 6. The highest BCUT2D eigenvalue weighted by atomic mass is 35.5. The van der Waals surface area contributed by atoms with Gasteiger partial charge in [-0.15, -0.1) is 11.8 Å². The predicted molar refractivity (Wildman–Crippen MR) is 172 cm³/mol. The molecule has 0 saturated heterocycles. The predicted octanol–water partition coefficient (Wildman–Crippen LogP) is 6.13. The number of ether oxygens (including phenoxy) is 1. The van der Waals surface area contributed by atoms with Gasteiger partial charge in [0.15, 0.2) is 0 Å². The minimum Gasteiger partial charge on any atom is -0.494 e. The smallest absolute Gasteiger partial charge is 0.264 e. The van der Waals surface area contributed by atoms with Gasteiger partial charge in [0, 0.05) is 22.5 Å². The van der Waals surface area contributed by atoms with E-state index in [2.05, 4.69) is 5.32 Å². The minimum absolute atomic E-state index is 0.0559. The van der Waals surface area contributed by atoms with Crippen molar-refractivity contribution >= 4 is 50.9 Å². The number of benzene rings is 3. The molecule has 11 heteroatoms. The molecule has 230 valence electrons. The van der Waals surface area contributed by atoms with Gasteiger partial charge >= 0.3 is 0 Å². The lowest BCUT2D eigenvalue weighted by Crippen LogP contribution is -2.52.